The molecule has 0 heterocycles. The molecule has 2 rings (SSSR count). The number of imide groups is 1. The summed E-state index contributed by atoms with van der Waals surface area (Å²) >= 11 is 5.09. The molecule has 0 unspecified atom stereocenters. The normalized spacial score (nSPS) is 11.7. The van der Waals surface area contributed by atoms with E-state index < -0.39 is 18.0 Å². The van der Waals surface area contributed by atoms with E-state index in [9.17, 15) is 9.59 Å². The van der Waals surface area contributed by atoms with Crippen LogP contribution in [-0.2, 0) is 4.79 Å². The number of hydrogen-bond donors (Lipinski definition) is 3. The Morgan fingerprint density at radius 1 is 1.08 bits per heavy atom. The number of benzene rings is 2. The molecular formula is C17H18BrN3O2S. The number of carbonyl (C=O) groups excluding carboxylic acids is 2. The largest absolute Gasteiger partial charge is 0.351 e. The lowest BCUT2D eigenvalue weighted by molar-refractivity contribution is -0.122. The van der Waals surface area contributed by atoms with Crippen LogP contribution in [0.25, 0.3) is 0 Å². The Hall–Kier alpha value is -1.83. The van der Waals surface area contributed by atoms with Crippen molar-refractivity contribution in [3.63, 3.8) is 0 Å². The van der Waals surface area contributed by atoms with Gasteiger partial charge in [-0.25, -0.2) is 4.79 Å². The van der Waals surface area contributed by atoms with Gasteiger partial charge in [0.05, 0.1) is 0 Å². The molecule has 0 bridgehead atoms. The summed E-state index contributed by atoms with van der Waals surface area (Å²) in [5, 5.41) is 5.30. The molecule has 0 saturated heterocycles. The Kier molecular flexibility index (Phi) is 7.30. The van der Waals surface area contributed by atoms with Gasteiger partial charge in [-0.15, -0.1) is 11.8 Å². The predicted octanol–water partition coefficient (Wildman–Crippen LogP) is 3.07. The Morgan fingerprint density at radius 2 is 1.75 bits per heavy atom. The third kappa shape index (κ3) is 5.99. The van der Waals surface area contributed by atoms with E-state index in [4.69, 9.17) is 5.73 Å². The summed E-state index contributed by atoms with van der Waals surface area (Å²) < 4.78 is 1.04. The SMILES string of the molecule is NC(=O)NC(=O)[C@H](NCCSc1ccc(Br)cc1)c1ccccc1. The van der Waals surface area contributed by atoms with Gasteiger partial charge in [-0.2, -0.15) is 0 Å². The lowest BCUT2D eigenvalue weighted by Crippen LogP contribution is -2.43. The van der Waals surface area contributed by atoms with Gasteiger partial charge in [-0.1, -0.05) is 46.3 Å². The number of halogens is 1. The average molecular weight is 408 g/mol. The maximum atomic E-state index is 12.2. The number of hydrogen-bond acceptors (Lipinski definition) is 4. The number of urea groups is 1. The summed E-state index contributed by atoms with van der Waals surface area (Å²) in [4.78, 5) is 24.3. The molecule has 0 spiro atoms. The number of nitrogens with one attached hydrogen (secondary N) is 2. The van der Waals surface area contributed by atoms with E-state index in [1.54, 1.807) is 11.8 Å². The van der Waals surface area contributed by atoms with Crippen molar-refractivity contribution in [1.82, 2.24) is 10.6 Å². The molecule has 7 heteroatoms. The van der Waals surface area contributed by atoms with Crippen LogP contribution in [0.15, 0.2) is 64.0 Å². The van der Waals surface area contributed by atoms with Gasteiger partial charge >= 0.3 is 6.03 Å². The molecule has 5 nitrogen and oxygen atoms in total. The van der Waals surface area contributed by atoms with Crippen molar-refractivity contribution < 1.29 is 9.59 Å². The summed E-state index contributed by atoms with van der Waals surface area (Å²) in [6.07, 6.45) is 0. The highest BCUT2D eigenvalue weighted by Gasteiger charge is 2.20. The fourth-order valence-corrected chi connectivity index (χ4v) is 3.15. The van der Waals surface area contributed by atoms with E-state index in [0.29, 0.717) is 6.54 Å². The van der Waals surface area contributed by atoms with Crippen molar-refractivity contribution in [3.8, 4) is 0 Å². The summed E-state index contributed by atoms with van der Waals surface area (Å²) in [5.74, 6) is 0.330. The number of amides is 3. The van der Waals surface area contributed by atoms with Gasteiger partial charge in [-0.05, 0) is 29.8 Å². The van der Waals surface area contributed by atoms with Gasteiger partial charge in [-0.3, -0.25) is 10.1 Å². The Morgan fingerprint density at radius 3 is 2.38 bits per heavy atom. The first-order valence-corrected chi connectivity index (χ1v) is 9.11. The molecule has 2 aromatic carbocycles. The maximum absolute atomic E-state index is 12.2. The number of primary amides is 1. The second-order valence-electron chi connectivity index (χ2n) is 4.95. The molecule has 3 amide bonds. The van der Waals surface area contributed by atoms with Crippen LogP contribution in [0.3, 0.4) is 0 Å². The molecule has 0 aliphatic rings. The molecule has 0 radical (unpaired) electrons. The van der Waals surface area contributed by atoms with Gasteiger partial charge in [0.25, 0.3) is 0 Å². The third-order valence-electron chi connectivity index (χ3n) is 3.17. The first-order valence-electron chi connectivity index (χ1n) is 7.33. The first kappa shape index (κ1) is 18.5. The van der Waals surface area contributed by atoms with E-state index in [0.717, 1.165) is 20.7 Å². The smallest absolute Gasteiger partial charge is 0.318 e. The minimum atomic E-state index is -0.855. The van der Waals surface area contributed by atoms with E-state index in [-0.39, 0.29) is 0 Å². The van der Waals surface area contributed by atoms with Crippen LogP contribution < -0.4 is 16.4 Å². The average Bonchev–Trinajstić information content (AvgIpc) is 2.56. The zero-order chi connectivity index (χ0) is 17.4. The second kappa shape index (κ2) is 9.46. The van der Waals surface area contributed by atoms with Crippen molar-refractivity contribution >= 4 is 39.6 Å². The second-order valence-corrected chi connectivity index (χ2v) is 7.04. The minimum absolute atomic E-state index is 0.456. The summed E-state index contributed by atoms with van der Waals surface area (Å²) in [6.45, 7) is 0.604. The van der Waals surface area contributed by atoms with E-state index in [1.165, 1.54) is 0 Å². The van der Waals surface area contributed by atoms with Gasteiger partial charge in [0.2, 0.25) is 5.91 Å². The zero-order valence-corrected chi connectivity index (χ0v) is 15.3. The van der Waals surface area contributed by atoms with Crippen LogP contribution in [0.1, 0.15) is 11.6 Å². The molecule has 0 aliphatic carbocycles. The van der Waals surface area contributed by atoms with Crippen LogP contribution in [-0.4, -0.2) is 24.2 Å². The van der Waals surface area contributed by atoms with Crippen molar-refractivity contribution in [1.29, 1.82) is 0 Å². The topological polar surface area (TPSA) is 84.2 Å². The first-order chi connectivity index (χ1) is 11.6. The van der Waals surface area contributed by atoms with Crippen LogP contribution in [0.4, 0.5) is 4.79 Å². The van der Waals surface area contributed by atoms with Crippen LogP contribution in [0, 0.1) is 0 Å². The van der Waals surface area contributed by atoms with Crippen molar-refractivity contribution in [3.05, 3.63) is 64.6 Å². The van der Waals surface area contributed by atoms with Crippen molar-refractivity contribution in [2.75, 3.05) is 12.3 Å². The lowest BCUT2D eigenvalue weighted by Gasteiger charge is -2.17. The van der Waals surface area contributed by atoms with Gasteiger partial charge in [0, 0.05) is 21.7 Å². The molecule has 2 aromatic rings. The molecule has 126 valence electrons. The van der Waals surface area contributed by atoms with Gasteiger partial charge < -0.3 is 11.1 Å². The number of rotatable bonds is 7. The molecule has 0 aliphatic heterocycles. The third-order valence-corrected chi connectivity index (χ3v) is 4.72. The van der Waals surface area contributed by atoms with Crippen LogP contribution >= 0.6 is 27.7 Å². The fraction of sp³-hybridized carbons (Fsp3) is 0.176. The highest BCUT2D eigenvalue weighted by molar-refractivity contribution is 9.10. The molecule has 0 saturated carbocycles. The number of nitrogens with two attached hydrogens (primary N) is 1. The fourth-order valence-electron chi connectivity index (χ4n) is 2.10. The number of carbonyl (C=O) groups is 2. The van der Waals surface area contributed by atoms with Gasteiger partial charge in [0.15, 0.2) is 0 Å². The van der Waals surface area contributed by atoms with Crippen molar-refractivity contribution in [2.45, 2.75) is 10.9 Å². The molecule has 0 fully saturated rings. The summed E-state index contributed by atoms with van der Waals surface area (Å²) in [5.41, 5.74) is 5.83. The molecule has 0 aromatic heterocycles. The molecular weight excluding hydrogens is 390 g/mol. The van der Waals surface area contributed by atoms with E-state index in [2.05, 4.69) is 26.6 Å². The van der Waals surface area contributed by atoms with Crippen LogP contribution in [0.2, 0.25) is 0 Å². The zero-order valence-electron chi connectivity index (χ0n) is 12.9. The Bertz CT molecular complexity index is 680. The number of thioether (sulfide) groups is 1. The highest BCUT2D eigenvalue weighted by atomic mass is 79.9. The lowest BCUT2D eigenvalue weighted by atomic mass is 10.1. The highest BCUT2D eigenvalue weighted by Crippen LogP contribution is 2.20. The standard InChI is InChI=1S/C17H18BrN3O2S/c18-13-6-8-14(9-7-13)24-11-10-20-15(16(22)21-17(19)23)12-4-2-1-3-5-12/h1-9,15,20H,10-11H2,(H3,19,21,22,23)/t15-/m1/s1. The van der Waals surface area contributed by atoms with E-state index >= 15 is 0 Å². The Balaban J connectivity index is 1.92. The maximum Gasteiger partial charge on any atom is 0.318 e. The molecule has 1 atom stereocenters. The summed E-state index contributed by atoms with van der Waals surface area (Å²) in [7, 11) is 0. The predicted molar refractivity (Wildman–Crippen MR) is 99.8 cm³/mol. The molecule has 24 heavy (non-hydrogen) atoms. The quantitative estimate of drug-likeness (QED) is 0.486. The Labute approximate surface area is 153 Å². The van der Waals surface area contributed by atoms with Crippen molar-refractivity contribution in [2.24, 2.45) is 5.73 Å². The monoisotopic (exact) mass is 407 g/mol. The van der Waals surface area contributed by atoms with Crippen LogP contribution in [0.5, 0.6) is 0 Å². The minimum Gasteiger partial charge on any atom is -0.351 e. The van der Waals surface area contributed by atoms with E-state index in [1.807, 2.05) is 54.6 Å². The summed E-state index contributed by atoms with van der Waals surface area (Å²) in [6, 6.07) is 15.8. The molecule has 4 N–H and O–H groups in total. The van der Waals surface area contributed by atoms with Gasteiger partial charge in [0.1, 0.15) is 6.04 Å².